The Balaban J connectivity index is 2.48. The number of pyridine rings is 1. The SMILES string of the molecule is COC(C)CCC(=O)Nc1cc(C)c(N)cn1. The van der Waals surface area contributed by atoms with Crippen LogP contribution < -0.4 is 11.1 Å². The van der Waals surface area contributed by atoms with Crippen LogP contribution in [0.4, 0.5) is 11.5 Å². The molecule has 1 atom stereocenters. The van der Waals surface area contributed by atoms with Crippen LogP contribution in [-0.4, -0.2) is 24.1 Å². The number of methoxy groups -OCH3 is 1. The first-order valence-electron chi connectivity index (χ1n) is 5.57. The van der Waals surface area contributed by atoms with Crippen molar-refractivity contribution in [2.75, 3.05) is 18.2 Å². The van der Waals surface area contributed by atoms with Crippen molar-refractivity contribution in [3.63, 3.8) is 0 Å². The number of carbonyl (C=O) groups is 1. The van der Waals surface area contributed by atoms with Gasteiger partial charge in [0.05, 0.1) is 18.0 Å². The first-order chi connectivity index (χ1) is 8.02. The van der Waals surface area contributed by atoms with Crippen LogP contribution >= 0.6 is 0 Å². The molecule has 1 heterocycles. The Morgan fingerprint density at radius 3 is 2.94 bits per heavy atom. The predicted octanol–water partition coefficient (Wildman–Crippen LogP) is 1.73. The van der Waals surface area contributed by atoms with Crippen LogP contribution in [0.1, 0.15) is 25.3 Å². The number of anilines is 2. The summed E-state index contributed by atoms with van der Waals surface area (Å²) in [5.74, 6) is 0.470. The van der Waals surface area contributed by atoms with Crippen molar-refractivity contribution in [3.8, 4) is 0 Å². The zero-order chi connectivity index (χ0) is 12.8. The highest BCUT2D eigenvalue weighted by molar-refractivity contribution is 5.89. The molecule has 0 aliphatic heterocycles. The highest BCUT2D eigenvalue weighted by Gasteiger charge is 2.07. The zero-order valence-corrected chi connectivity index (χ0v) is 10.5. The maximum absolute atomic E-state index is 11.6. The Kier molecular flexibility index (Phi) is 4.90. The molecule has 1 aromatic heterocycles. The van der Waals surface area contributed by atoms with Gasteiger partial charge < -0.3 is 15.8 Å². The molecule has 0 fully saturated rings. The molecule has 1 rings (SSSR count). The highest BCUT2D eigenvalue weighted by Crippen LogP contribution is 2.13. The van der Waals surface area contributed by atoms with Gasteiger partial charge in [-0.2, -0.15) is 0 Å². The van der Waals surface area contributed by atoms with Gasteiger partial charge in [-0.15, -0.1) is 0 Å². The first-order valence-corrected chi connectivity index (χ1v) is 5.57. The van der Waals surface area contributed by atoms with Gasteiger partial charge in [0.2, 0.25) is 5.91 Å². The minimum absolute atomic E-state index is 0.0643. The number of rotatable bonds is 5. The van der Waals surface area contributed by atoms with E-state index in [-0.39, 0.29) is 12.0 Å². The lowest BCUT2D eigenvalue weighted by Crippen LogP contribution is -2.16. The van der Waals surface area contributed by atoms with E-state index in [0.29, 0.717) is 24.3 Å². The first kappa shape index (κ1) is 13.4. The minimum atomic E-state index is -0.0643. The van der Waals surface area contributed by atoms with Gasteiger partial charge in [-0.25, -0.2) is 4.98 Å². The predicted molar refractivity (Wildman–Crippen MR) is 67.7 cm³/mol. The molecule has 0 aliphatic carbocycles. The molecule has 0 radical (unpaired) electrons. The maximum Gasteiger partial charge on any atom is 0.225 e. The average Bonchev–Trinajstić information content (AvgIpc) is 2.31. The van der Waals surface area contributed by atoms with Gasteiger partial charge in [0.15, 0.2) is 0 Å². The summed E-state index contributed by atoms with van der Waals surface area (Å²) < 4.78 is 5.07. The van der Waals surface area contributed by atoms with Crippen LogP contribution in [0, 0.1) is 6.92 Å². The summed E-state index contributed by atoms with van der Waals surface area (Å²) in [5, 5.41) is 2.73. The number of nitrogen functional groups attached to an aromatic ring is 1. The number of nitrogens with two attached hydrogens (primary N) is 1. The minimum Gasteiger partial charge on any atom is -0.397 e. The third kappa shape index (κ3) is 4.40. The Labute approximate surface area is 101 Å². The number of nitrogens with zero attached hydrogens (tertiary/aromatic N) is 1. The fourth-order valence-corrected chi connectivity index (χ4v) is 1.29. The summed E-state index contributed by atoms with van der Waals surface area (Å²) in [6.07, 6.45) is 2.74. The summed E-state index contributed by atoms with van der Waals surface area (Å²) in [6.45, 7) is 3.80. The van der Waals surface area contributed by atoms with Crippen LogP contribution in [0.5, 0.6) is 0 Å². The number of hydrogen-bond acceptors (Lipinski definition) is 4. The monoisotopic (exact) mass is 237 g/mol. The van der Waals surface area contributed by atoms with E-state index < -0.39 is 0 Å². The van der Waals surface area contributed by atoms with Crippen molar-refractivity contribution in [1.82, 2.24) is 4.98 Å². The molecule has 17 heavy (non-hydrogen) atoms. The Morgan fingerprint density at radius 2 is 2.35 bits per heavy atom. The number of aromatic nitrogens is 1. The van der Waals surface area contributed by atoms with Crippen LogP contribution in [0.3, 0.4) is 0 Å². The van der Waals surface area contributed by atoms with Gasteiger partial charge in [-0.05, 0) is 31.9 Å². The molecular formula is C12H19N3O2. The van der Waals surface area contributed by atoms with Gasteiger partial charge in [0.1, 0.15) is 5.82 Å². The van der Waals surface area contributed by atoms with E-state index in [4.69, 9.17) is 10.5 Å². The summed E-state index contributed by atoms with van der Waals surface area (Å²) in [7, 11) is 1.63. The number of amides is 1. The third-order valence-electron chi connectivity index (χ3n) is 2.60. The van der Waals surface area contributed by atoms with E-state index in [1.807, 2.05) is 13.8 Å². The highest BCUT2D eigenvalue weighted by atomic mass is 16.5. The van der Waals surface area contributed by atoms with Crippen LogP contribution in [0.25, 0.3) is 0 Å². The summed E-state index contributed by atoms with van der Waals surface area (Å²) >= 11 is 0. The van der Waals surface area contributed by atoms with Gasteiger partial charge in [0.25, 0.3) is 0 Å². The quantitative estimate of drug-likeness (QED) is 0.817. The molecule has 0 aromatic carbocycles. The molecule has 5 nitrogen and oxygen atoms in total. The lowest BCUT2D eigenvalue weighted by atomic mass is 10.2. The van der Waals surface area contributed by atoms with E-state index in [2.05, 4.69) is 10.3 Å². The second-order valence-corrected chi connectivity index (χ2v) is 4.06. The van der Waals surface area contributed by atoms with Crippen LogP contribution in [-0.2, 0) is 9.53 Å². The van der Waals surface area contributed by atoms with Crippen molar-refractivity contribution >= 4 is 17.4 Å². The number of ether oxygens (including phenoxy) is 1. The largest absolute Gasteiger partial charge is 0.397 e. The number of aryl methyl sites for hydroxylation is 1. The fraction of sp³-hybridized carbons (Fsp3) is 0.500. The van der Waals surface area contributed by atoms with Crippen LogP contribution in [0.15, 0.2) is 12.3 Å². The fourth-order valence-electron chi connectivity index (χ4n) is 1.29. The van der Waals surface area contributed by atoms with E-state index >= 15 is 0 Å². The molecule has 0 bridgehead atoms. The summed E-state index contributed by atoms with van der Waals surface area (Å²) in [5.41, 5.74) is 7.17. The second kappa shape index (κ2) is 6.20. The van der Waals surface area contributed by atoms with Gasteiger partial charge in [0, 0.05) is 13.5 Å². The Hall–Kier alpha value is -1.62. The van der Waals surface area contributed by atoms with Gasteiger partial charge in [-0.1, -0.05) is 0 Å². The summed E-state index contributed by atoms with van der Waals surface area (Å²) in [6, 6.07) is 1.76. The molecule has 0 saturated carbocycles. The van der Waals surface area contributed by atoms with Crippen molar-refractivity contribution in [2.45, 2.75) is 32.8 Å². The third-order valence-corrected chi connectivity index (χ3v) is 2.60. The molecule has 1 unspecified atom stereocenters. The zero-order valence-electron chi connectivity index (χ0n) is 10.5. The lowest BCUT2D eigenvalue weighted by Gasteiger charge is -2.09. The smallest absolute Gasteiger partial charge is 0.225 e. The Bertz CT molecular complexity index is 393. The standard InChI is InChI=1S/C12H19N3O2/c1-8-6-11(14-7-10(8)13)15-12(16)5-4-9(2)17-3/h6-7,9H,4-5,13H2,1-3H3,(H,14,15,16). The normalized spacial score (nSPS) is 12.2. The summed E-state index contributed by atoms with van der Waals surface area (Å²) in [4.78, 5) is 15.6. The van der Waals surface area contributed by atoms with Crippen molar-refractivity contribution in [2.24, 2.45) is 0 Å². The molecule has 94 valence electrons. The van der Waals surface area contributed by atoms with Crippen molar-refractivity contribution < 1.29 is 9.53 Å². The van der Waals surface area contributed by atoms with Crippen molar-refractivity contribution in [1.29, 1.82) is 0 Å². The van der Waals surface area contributed by atoms with Gasteiger partial charge >= 0.3 is 0 Å². The maximum atomic E-state index is 11.6. The molecule has 5 heteroatoms. The number of carbonyl (C=O) groups excluding carboxylic acids is 1. The number of hydrogen-bond donors (Lipinski definition) is 2. The van der Waals surface area contributed by atoms with E-state index in [9.17, 15) is 4.79 Å². The molecule has 0 spiro atoms. The molecule has 0 aliphatic rings. The Morgan fingerprint density at radius 1 is 1.65 bits per heavy atom. The van der Waals surface area contributed by atoms with E-state index in [1.165, 1.54) is 0 Å². The topological polar surface area (TPSA) is 77.2 Å². The molecular weight excluding hydrogens is 218 g/mol. The molecule has 1 amide bonds. The van der Waals surface area contributed by atoms with Crippen LogP contribution in [0.2, 0.25) is 0 Å². The molecule has 0 saturated heterocycles. The van der Waals surface area contributed by atoms with E-state index in [1.54, 1.807) is 19.4 Å². The molecule has 3 N–H and O–H groups in total. The average molecular weight is 237 g/mol. The number of nitrogens with one attached hydrogen (secondary N) is 1. The lowest BCUT2D eigenvalue weighted by molar-refractivity contribution is -0.116. The second-order valence-electron chi connectivity index (χ2n) is 4.06. The van der Waals surface area contributed by atoms with Gasteiger partial charge in [-0.3, -0.25) is 4.79 Å². The van der Waals surface area contributed by atoms with Crippen molar-refractivity contribution in [3.05, 3.63) is 17.8 Å². The van der Waals surface area contributed by atoms with E-state index in [0.717, 1.165) is 5.56 Å². The molecule has 1 aromatic rings.